The predicted octanol–water partition coefficient (Wildman–Crippen LogP) is 4.59. The molecule has 0 atom stereocenters. The summed E-state index contributed by atoms with van der Waals surface area (Å²) in [6.07, 6.45) is 1.54. The van der Waals surface area contributed by atoms with Gasteiger partial charge in [-0.2, -0.15) is 0 Å². The third-order valence-corrected chi connectivity index (χ3v) is 3.50. The summed E-state index contributed by atoms with van der Waals surface area (Å²) in [7, 11) is 1.65. The SMILES string of the molecule is COc1cccc(Nc2cc(Nc3cc(C)cc(C)c3)ncn2)c1. The summed E-state index contributed by atoms with van der Waals surface area (Å²) in [5, 5.41) is 6.57. The van der Waals surface area contributed by atoms with Crippen LogP contribution < -0.4 is 15.4 Å². The van der Waals surface area contributed by atoms with Crippen LogP contribution in [0.15, 0.2) is 54.9 Å². The third kappa shape index (κ3) is 4.01. The Morgan fingerprint density at radius 1 is 0.792 bits per heavy atom. The lowest BCUT2D eigenvalue weighted by molar-refractivity contribution is 0.415. The Balaban J connectivity index is 1.78. The van der Waals surface area contributed by atoms with Crippen molar-refractivity contribution in [2.75, 3.05) is 17.7 Å². The summed E-state index contributed by atoms with van der Waals surface area (Å²) in [6, 6.07) is 15.9. The van der Waals surface area contributed by atoms with Gasteiger partial charge in [0.05, 0.1) is 7.11 Å². The van der Waals surface area contributed by atoms with Crippen LogP contribution in [0.2, 0.25) is 0 Å². The van der Waals surface area contributed by atoms with Gasteiger partial charge in [0.1, 0.15) is 23.7 Å². The second-order valence-electron chi connectivity index (χ2n) is 5.65. The van der Waals surface area contributed by atoms with Crippen LogP contribution in [0.4, 0.5) is 23.0 Å². The van der Waals surface area contributed by atoms with Gasteiger partial charge in [-0.1, -0.05) is 12.1 Å². The maximum Gasteiger partial charge on any atom is 0.135 e. The van der Waals surface area contributed by atoms with Crippen molar-refractivity contribution >= 4 is 23.0 Å². The van der Waals surface area contributed by atoms with Crippen LogP contribution in [0.25, 0.3) is 0 Å². The van der Waals surface area contributed by atoms with E-state index in [9.17, 15) is 0 Å². The lowest BCUT2D eigenvalue weighted by atomic mass is 10.1. The number of aromatic nitrogens is 2. The molecule has 0 unspecified atom stereocenters. The van der Waals surface area contributed by atoms with Crippen LogP contribution in [0.1, 0.15) is 11.1 Å². The molecule has 3 rings (SSSR count). The number of nitrogens with zero attached hydrogens (tertiary/aromatic N) is 2. The molecule has 0 aliphatic carbocycles. The molecule has 0 spiro atoms. The number of benzene rings is 2. The third-order valence-electron chi connectivity index (χ3n) is 3.50. The number of anilines is 4. The molecule has 1 heterocycles. The molecule has 0 saturated heterocycles. The van der Waals surface area contributed by atoms with Gasteiger partial charge < -0.3 is 15.4 Å². The summed E-state index contributed by atoms with van der Waals surface area (Å²) in [6.45, 7) is 4.15. The quantitative estimate of drug-likeness (QED) is 0.720. The number of hydrogen-bond donors (Lipinski definition) is 2. The van der Waals surface area contributed by atoms with Gasteiger partial charge in [0, 0.05) is 23.5 Å². The zero-order valence-corrected chi connectivity index (χ0v) is 14.0. The van der Waals surface area contributed by atoms with E-state index >= 15 is 0 Å². The first-order valence-electron chi connectivity index (χ1n) is 7.71. The minimum Gasteiger partial charge on any atom is -0.497 e. The molecule has 5 nitrogen and oxygen atoms in total. The molecule has 2 N–H and O–H groups in total. The Hall–Kier alpha value is -3.08. The Bertz CT molecular complexity index is 828. The highest BCUT2D eigenvalue weighted by molar-refractivity contribution is 5.64. The van der Waals surface area contributed by atoms with Gasteiger partial charge in [0.25, 0.3) is 0 Å². The van der Waals surface area contributed by atoms with Gasteiger partial charge in [-0.15, -0.1) is 0 Å². The minimum absolute atomic E-state index is 0.713. The number of rotatable bonds is 5. The lowest BCUT2D eigenvalue weighted by Gasteiger charge is -2.10. The predicted molar refractivity (Wildman–Crippen MR) is 97.5 cm³/mol. The Kier molecular flexibility index (Phi) is 4.61. The van der Waals surface area contributed by atoms with Gasteiger partial charge in [-0.25, -0.2) is 9.97 Å². The van der Waals surface area contributed by atoms with E-state index < -0.39 is 0 Å². The molecule has 0 amide bonds. The zero-order valence-electron chi connectivity index (χ0n) is 14.0. The summed E-state index contributed by atoms with van der Waals surface area (Å²) in [4.78, 5) is 8.55. The smallest absolute Gasteiger partial charge is 0.135 e. The maximum atomic E-state index is 5.23. The Morgan fingerprint density at radius 2 is 1.46 bits per heavy atom. The van der Waals surface area contributed by atoms with E-state index in [-0.39, 0.29) is 0 Å². The van der Waals surface area contributed by atoms with E-state index in [2.05, 4.69) is 52.6 Å². The normalized spacial score (nSPS) is 10.3. The first kappa shape index (κ1) is 15.8. The largest absolute Gasteiger partial charge is 0.497 e. The van der Waals surface area contributed by atoms with E-state index in [0.29, 0.717) is 5.82 Å². The average Bonchev–Trinajstić information content (AvgIpc) is 2.54. The summed E-state index contributed by atoms with van der Waals surface area (Å²) in [5.41, 5.74) is 4.34. The van der Waals surface area contributed by atoms with Crippen LogP contribution >= 0.6 is 0 Å². The van der Waals surface area contributed by atoms with Crippen LogP contribution in [0.3, 0.4) is 0 Å². The molecule has 0 fully saturated rings. The second-order valence-corrected chi connectivity index (χ2v) is 5.65. The van der Waals surface area contributed by atoms with Crippen LogP contribution in [-0.2, 0) is 0 Å². The van der Waals surface area contributed by atoms with Crippen molar-refractivity contribution < 1.29 is 4.74 Å². The number of aryl methyl sites for hydroxylation is 2. The Morgan fingerprint density at radius 3 is 2.12 bits per heavy atom. The molecule has 2 aromatic carbocycles. The van der Waals surface area contributed by atoms with E-state index in [4.69, 9.17) is 4.74 Å². The molecule has 0 radical (unpaired) electrons. The highest BCUT2D eigenvalue weighted by Crippen LogP contribution is 2.23. The molecule has 0 aliphatic rings. The standard InChI is InChI=1S/C19H20N4O/c1-13-7-14(2)9-16(8-13)23-19-11-18(20-12-21-19)22-15-5-4-6-17(10-15)24-3/h4-12H,1-3H3,(H2,20,21,22,23). The molecule has 5 heteroatoms. The van der Waals surface area contributed by atoms with E-state index in [1.54, 1.807) is 7.11 Å². The second kappa shape index (κ2) is 7.00. The average molecular weight is 320 g/mol. The number of hydrogen-bond acceptors (Lipinski definition) is 5. The first-order chi connectivity index (χ1) is 11.6. The fourth-order valence-corrected chi connectivity index (χ4v) is 2.54. The highest BCUT2D eigenvalue weighted by Gasteiger charge is 2.02. The van der Waals surface area contributed by atoms with Gasteiger partial charge in [-0.05, 0) is 49.2 Å². The number of ether oxygens (including phenoxy) is 1. The van der Waals surface area contributed by atoms with Crippen molar-refractivity contribution in [1.82, 2.24) is 9.97 Å². The minimum atomic E-state index is 0.713. The first-order valence-corrected chi connectivity index (χ1v) is 7.71. The molecule has 0 saturated carbocycles. The van der Waals surface area contributed by atoms with Gasteiger partial charge in [0.2, 0.25) is 0 Å². The number of methoxy groups -OCH3 is 1. The summed E-state index contributed by atoms with van der Waals surface area (Å²) in [5.74, 6) is 2.24. The molecule has 0 bridgehead atoms. The molecule has 0 aliphatic heterocycles. The van der Waals surface area contributed by atoms with Gasteiger partial charge >= 0.3 is 0 Å². The topological polar surface area (TPSA) is 59.1 Å². The van der Waals surface area contributed by atoms with Crippen molar-refractivity contribution in [3.8, 4) is 5.75 Å². The lowest BCUT2D eigenvalue weighted by Crippen LogP contribution is -1.99. The van der Waals surface area contributed by atoms with E-state index in [0.717, 1.165) is 22.9 Å². The van der Waals surface area contributed by atoms with Crippen LogP contribution in [-0.4, -0.2) is 17.1 Å². The maximum absolute atomic E-state index is 5.23. The molecule has 1 aromatic heterocycles. The van der Waals surface area contributed by atoms with Crippen molar-refractivity contribution in [1.29, 1.82) is 0 Å². The molecular formula is C19H20N4O. The van der Waals surface area contributed by atoms with Gasteiger partial charge in [0.15, 0.2) is 0 Å². The van der Waals surface area contributed by atoms with Gasteiger partial charge in [-0.3, -0.25) is 0 Å². The fourth-order valence-electron chi connectivity index (χ4n) is 2.54. The molecular weight excluding hydrogens is 300 g/mol. The van der Waals surface area contributed by atoms with E-state index in [1.165, 1.54) is 17.5 Å². The summed E-state index contributed by atoms with van der Waals surface area (Å²) >= 11 is 0. The highest BCUT2D eigenvalue weighted by atomic mass is 16.5. The van der Waals surface area contributed by atoms with Crippen molar-refractivity contribution in [3.05, 3.63) is 66.0 Å². The van der Waals surface area contributed by atoms with Crippen molar-refractivity contribution in [2.45, 2.75) is 13.8 Å². The number of nitrogens with one attached hydrogen (secondary N) is 2. The Labute approximate surface area is 141 Å². The van der Waals surface area contributed by atoms with Crippen molar-refractivity contribution in [3.63, 3.8) is 0 Å². The van der Waals surface area contributed by atoms with Crippen LogP contribution in [0.5, 0.6) is 5.75 Å². The zero-order chi connectivity index (χ0) is 16.9. The summed E-state index contributed by atoms with van der Waals surface area (Å²) < 4.78 is 5.23. The van der Waals surface area contributed by atoms with Crippen molar-refractivity contribution in [2.24, 2.45) is 0 Å². The molecule has 24 heavy (non-hydrogen) atoms. The molecule has 122 valence electrons. The fraction of sp³-hybridized carbons (Fsp3) is 0.158. The van der Waals surface area contributed by atoms with Crippen LogP contribution in [0, 0.1) is 13.8 Å². The molecule has 3 aromatic rings. The monoisotopic (exact) mass is 320 g/mol. The van der Waals surface area contributed by atoms with E-state index in [1.807, 2.05) is 30.3 Å².